The van der Waals surface area contributed by atoms with Crippen LogP contribution in [-0.4, -0.2) is 25.6 Å². The summed E-state index contributed by atoms with van der Waals surface area (Å²) in [5, 5.41) is 2.92. The number of nitrogens with zero attached hydrogens (tertiary/aromatic N) is 2. The summed E-state index contributed by atoms with van der Waals surface area (Å²) in [4.78, 5) is 5.74. The average molecular weight is 209 g/mol. The van der Waals surface area contributed by atoms with Gasteiger partial charge in [0, 0.05) is 31.9 Å². The Morgan fingerprint density at radius 2 is 2.40 bits per heavy atom. The third-order valence-corrected chi connectivity index (χ3v) is 2.08. The molecule has 4 heteroatoms. The van der Waals surface area contributed by atoms with Crippen molar-refractivity contribution in [1.82, 2.24) is 10.3 Å². The quantitative estimate of drug-likeness (QED) is 0.746. The van der Waals surface area contributed by atoms with Gasteiger partial charge in [-0.2, -0.15) is 0 Å². The van der Waals surface area contributed by atoms with Gasteiger partial charge in [0.1, 0.15) is 0 Å². The molecular formula is C11H16FN3. The van der Waals surface area contributed by atoms with Crippen molar-refractivity contribution in [3.63, 3.8) is 0 Å². The number of rotatable bonds is 5. The predicted octanol–water partition coefficient (Wildman–Crippen LogP) is 1.56. The Hall–Kier alpha value is -1.42. The van der Waals surface area contributed by atoms with E-state index in [0.717, 1.165) is 0 Å². The van der Waals surface area contributed by atoms with Crippen molar-refractivity contribution in [2.24, 2.45) is 0 Å². The van der Waals surface area contributed by atoms with Gasteiger partial charge in [-0.25, -0.2) is 9.37 Å². The summed E-state index contributed by atoms with van der Waals surface area (Å²) in [5.41, 5.74) is 0.624. The highest BCUT2D eigenvalue weighted by atomic mass is 19.1. The molecule has 0 saturated heterocycles. The Morgan fingerprint density at radius 3 is 3.00 bits per heavy atom. The molecule has 1 N–H and O–H groups in total. The molecule has 1 heterocycles. The van der Waals surface area contributed by atoms with Crippen LogP contribution < -0.4 is 10.2 Å². The number of halogens is 1. The first kappa shape index (κ1) is 11.7. The molecule has 0 saturated carbocycles. The molecule has 0 atom stereocenters. The lowest BCUT2D eigenvalue weighted by molar-refractivity contribution is 0.592. The van der Waals surface area contributed by atoms with Crippen molar-refractivity contribution in [2.45, 2.75) is 6.54 Å². The van der Waals surface area contributed by atoms with E-state index in [-0.39, 0.29) is 5.82 Å². The van der Waals surface area contributed by atoms with E-state index in [1.807, 2.05) is 0 Å². The van der Waals surface area contributed by atoms with Gasteiger partial charge in [0.2, 0.25) is 0 Å². The van der Waals surface area contributed by atoms with Crippen molar-refractivity contribution < 1.29 is 4.39 Å². The van der Waals surface area contributed by atoms with E-state index in [0.29, 0.717) is 24.5 Å². The normalized spacial score (nSPS) is 10.1. The molecule has 0 fully saturated rings. The molecule has 0 bridgehead atoms. The smallest absolute Gasteiger partial charge is 0.170 e. The standard InChI is InChI=1S/C11H16FN3/c1-4-7-15(3)11-10(12)9(8-13-2)5-6-14-11/h4-6,13H,1,7-8H2,2-3H3. The van der Waals surface area contributed by atoms with Crippen LogP contribution in [0.2, 0.25) is 0 Å². The van der Waals surface area contributed by atoms with Crippen molar-refractivity contribution >= 4 is 5.82 Å². The van der Waals surface area contributed by atoms with Gasteiger partial charge < -0.3 is 10.2 Å². The molecule has 1 aromatic rings. The van der Waals surface area contributed by atoms with Gasteiger partial charge >= 0.3 is 0 Å². The largest absolute Gasteiger partial charge is 0.354 e. The maximum absolute atomic E-state index is 13.9. The number of nitrogens with one attached hydrogen (secondary N) is 1. The van der Waals surface area contributed by atoms with Crippen molar-refractivity contribution in [3.05, 3.63) is 36.3 Å². The molecule has 0 aliphatic carbocycles. The fourth-order valence-electron chi connectivity index (χ4n) is 1.34. The van der Waals surface area contributed by atoms with E-state index >= 15 is 0 Å². The summed E-state index contributed by atoms with van der Waals surface area (Å²) in [7, 11) is 3.57. The molecular weight excluding hydrogens is 193 g/mol. The Morgan fingerprint density at radius 1 is 1.67 bits per heavy atom. The monoisotopic (exact) mass is 209 g/mol. The highest BCUT2D eigenvalue weighted by molar-refractivity contribution is 5.42. The summed E-state index contributed by atoms with van der Waals surface area (Å²) in [5.74, 6) is 0.0962. The van der Waals surface area contributed by atoms with Gasteiger partial charge in [-0.3, -0.25) is 0 Å². The zero-order valence-electron chi connectivity index (χ0n) is 9.13. The van der Waals surface area contributed by atoms with Gasteiger partial charge in [0.15, 0.2) is 11.6 Å². The zero-order valence-corrected chi connectivity index (χ0v) is 9.13. The fraction of sp³-hybridized carbons (Fsp3) is 0.364. The van der Waals surface area contributed by atoms with E-state index in [1.165, 1.54) is 0 Å². The molecule has 0 radical (unpaired) electrons. The molecule has 1 rings (SSSR count). The Labute approximate surface area is 89.6 Å². The minimum atomic E-state index is -0.267. The van der Waals surface area contributed by atoms with Crippen LogP contribution in [0.15, 0.2) is 24.9 Å². The molecule has 1 aromatic heterocycles. The third-order valence-electron chi connectivity index (χ3n) is 2.08. The van der Waals surface area contributed by atoms with Gasteiger partial charge in [-0.15, -0.1) is 6.58 Å². The second-order valence-corrected chi connectivity index (χ2v) is 3.31. The van der Waals surface area contributed by atoms with Crippen molar-refractivity contribution in [1.29, 1.82) is 0 Å². The molecule has 0 aliphatic rings. The first-order chi connectivity index (χ1) is 7.20. The van der Waals surface area contributed by atoms with Crippen molar-refractivity contribution in [3.8, 4) is 0 Å². The van der Waals surface area contributed by atoms with Crippen LogP contribution in [0, 0.1) is 5.82 Å². The Balaban J connectivity index is 2.97. The predicted molar refractivity (Wildman–Crippen MR) is 60.4 cm³/mol. The minimum Gasteiger partial charge on any atom is -0.354 e. The van der Waals surface area contributed by atoms with Crippen LogP contribution in [-0.2, 0) is 6.54 Å². The summed E-state index contributed by atoms with van der Waals surface area (Å²) >= 11 is 0. The maximum atomic E-state index is 13.9. The fourth-order valence-corrected chi connectivity index (χ4v) is 1.34. The zero-order chi connectivity index (χ0) is 11.3. The second-order valence-electron chi connectivity index (χ2n) is 3.31. The van der Waals surface area contributed by atoms with Crippen LogP contribution in [0.5, 0.6) is 0 Å². The lowest BCUT2D eigenvalue weighted by Crippen LogP contribution is -2.20. The average Bonchev–Trinajstić information content (AvgIpc) is 2.22. The highest BCUT2D eigenvalue weighted by Gasteiger charge is 2.11. The van der Waals surface area contributed by atoms with E-state index in [1.54, 1.807) is 37.3 Å². The van der Waals surface area contributed by atoms with E-state index in [9.17, 15) is 4.39 Å². The van der Waals surface area contributed by atoms with Gasteiger partial charge in [0.05, 0.1) is 0 Å². The molecule has 0 aromatic carbocycles. The van der Waals surface area contributed by atoms with Crippen molar-refractivity contribution in [2.75, 3.05) is 25.5 Å². The second kappa shape index (κ2) is 5.46. The lowest BCUT2D eigenvalue weighted by Gasteiger charge is -2.17. The number of pyridine rings is 1. The van der Waals surface area contributed by atoms with Crippen LogP contribution in [0.1, 0.15) is 5.56 Å². The summed E-state index contributed by atoms with van der Waals surface area (Å²) in [6, 6.07) is 1.68. The number of aromatic nitrogens is 1. The Kier molecular flexibility index (Phi) is 4.24. The van der Waals surface area contributed by atoms with Gasteiger partial charge in [-0.05, 0) is 13.1 Å². The van der Waals surface area contributed by atoms with E-state index in [4.69, 9.17) is 0 Å². The molecule has 82 valence electrons. The molecule has 0 amide bonds. The van der Waals surface area contributed by atoms with Gasteiger partial charge in [0.25, 0.3) is 0 Å². The van der Waals surface area contributed by atoms with Gasteiger partial charge in [-0.1, -0.05) is 6.08 Å². The van der Waals surface area contributed by atoms with Crippen LogP contribution >= 0.6 is 0 Å². The number of likely N-dealkylation sites (N-methyl/N-ethyl adjacent to an activating group) is 1. The Bertz CT molecular complexity index is 339. The van der Waals surface area contributed by atoms with E-state index < -0.39 is 0 Å². The number of hydrogen-bond acceptors (Lipinski definition) is 3. The summed E-state index contributed by atoms with van der Waals surface area (Å²) < 4.78 is 13.9. The lowest BCUT2D eigenvalue weighted by atomic mass is 10.2. The highest BCUT2D eigenvalue weighted by Crippen LogP contribution is 2.17. The first-order valence-electron chi connectivity index (χ1n) is 4.80. The van der Waals surface area contributed by atoms with Crippen LogP contribution in [0.4, 0.5) is 10.2 Å². The van der Waals surface area contributed by atoms with Crippen LogP contribution in [0.3, 0.4) is 0 Å². The molecule has 3 nitrogen and oxygen atoms in total. The first-order valence-corrected chi connectivity index (χ1v) is 4.80. The molecule has 15 heavy (non-hydrogen) atoms. The minimum absolute atomic E-state index is 0.267. The number of hydrogen-bond donors (Lipinski definition) is 1. The summed E-state index contributed by atoms with van der Waals surface area (Å²) in [6.07, 6.45) is 3.33. The third kappa shape index (κ3) is 2.76. The topological polar surface area (TPSA) is 28.2 Å². The van der Waals surface area contributed by atoms with Crippen LogP contribution in [0.25, 0.3) is 0 Å². The van der Waals surface area contributed by atoms with E-state index in [2.05, 4.69) is 16.9 Å². The molecule has 0 unspecified atom stereocenters. The summed E-state index contributed by atoms with van der Waals surface area (Å²) in [6.45, 7) is 4.69. The SMILES string of the molecule is C=CCN(C)c1nccc(CNC)c1F. The molecule has 0 aliphatic heterocycles. The number of anilines is 1. The maximum Gasteiger partial charge on any atom is 0.170 e. The molecule has 0 spiro atoms.